The van der Waals surface area contributed by atoms with Gasteiger partial charge in [-0.15, -0.1) is 0 Å². The highest BCUT2D eigenvalue weighted by atomic mass is 79.9. The minimum atomic E-state index is -4.46. The summed E-state index contributed by atoms with van der Waals surface area (Å²) in [6, 6.07) is 3.12. The lowest BCUT2D eigenvalue weighted by molar-refractivity contribution is -0.137. The molecule has 4 nitrogen and oxygen atoms in total. The summed E-state index contributed by atoms with van der Waals surface area (Å²) < 4.78 is 40.1. The lowest BCUT2D eigenvalue weighted by atomic mass is 10.1. The Morgan fingerprint density at radius 3 is 2.81 bits per heavy atom. The van der Waals surface area contributed by atoms with Gasteiger partial charge in [0.25, 0.3) is 0 Å². The molecule has 1 fully saturated rings. The van der Waals surface area contributed by atoms with Crippen LogP contribution in [0.25, 0.3) is 0 Å². The molecule has 1 saturated heterocycles. The number of piperazine rings is 1. The summed E-state index contributed by atoms with van der Waals surface area (Å²) in [6.07, 6.45) is -4.46. The molecule has 1 aliphatic rings. The zero-order valence-electron chi connectivity index (χ0n) is 11.3. The molecule has 1 amide bonds. The van der Waals surface area contributed by atoms with Crippen LogP contribution in [0.3, 0.4) is 0 Å². The van der Waals surface area contributed by atoms with Crippen molar-refractivity contribution in [1.29, 1.82) is 0 Å². The van der Waals surface area contributed by atoms with Crippen LogP contribution < -0.4 is 15.5 Å². The van der Waals surface area contributed by atoms with Crippen LogP contribution in [-0.4, -0.2) is 38.6 Å². The van der Waals surface area contributed by atoms with Crippen LogP contribution in [0.1, 0.15) is 5.56 Å². The highest BCUT2D eigenvalue weighted by molar-refractivity contribution is 9.10. The molecule has 0 radical (unpaired) electrons. The first-order chi connectivity index (χ1) is 9.84. The molecule has 8 heteroatoms. The number of nitrogens with one attached hydrogen (secondary N) is 2. The highest BCUT2D eigenvalue weighted by Gasteiger charge is 2.38. The van der Waals surface area contributed by atoms with Crippen LogP contribution in [0.15, 0.2) is 22.7 Å². The summed E-state index contributed by atoms with van der Waals surface area (Å²) >= 11 is 3.19. The molecule has 0 spiro atoms. The van der Waals surface area contributed by atoms with Crippen molar-refractivity contribution in [2.24, 2.45) is 0 Å². The van der Waals surface area contributed by atoms with Gasteiger partial charge in [-0.2, -0.15) is 13.2 Å². The van der Waals surface area contributed by atoms with Gasteiger partial charge in [0.05, 0.1) is 11.3 Å². The summed E-state index contributed by atoms with van der Waals surface area (Å²) in [5.41, 5.74) is -0.714. The zero-order chi connectivity index (χ0) is 15.6. The second-order valence-electron chi connectivity index (χ2n) is 4.69. The predicted octanol–water partition coefficient (Wildman–Crippen LogP) is 1.99. The Bertz CT molecular complexity index is 536. The Labute approximate surface area is 128 Å². The van der Waals surface area contributed by atoms with E-state index in [0.717, 1.165) is 6.07 Å². The fraction of sp³-hybridized carbons (Fsp3) is 0.462. The first kappa shape index (κ1) is 16.1. The van der Waals surface area contributed by atoms with Crippen molar-refractivity contribution in [1.82, 2.24) is 10.6 Å². The third-order valence-electron chi connectivity index (χ3n) is 3.37. The van der Waals surface area contributed by atoms with E-state index in [1.54, 1.807) is 0 Å². The number of anilines is 1. The topological polar surface area (TPSA) is 44.4 Å². The van der Waals surface area contributed by atoms with Crippen LogP contribution in [0, 0.1) is 0 Å². The smallest absolute Gasteiger partial charge is 0.357 e. The van der Waals surface area contributed by atoms with E-state index in [0.29, 0.717) is 24.1 Å². The number of rotatable bonds is 2. The van der Waals surface area contributed by atoms with Crippen molar-refractivity contribution < 1.29 is 18.0 Å². The third kappa shape index (κ3) is 3.49. The molecule has 116 valence electrons. The van der Waals surface area contributed by atoms with Crippen molar-refractivity contribution >= 4 is 27.5 Å². The van der Waals surface area contributed by atoms with E-state index in [4.69, 9.17) is 0 Å². The van der Waals surface area contributed by atoms with Crippen molar-refractivity contribution in [3.63, 3.8) is 0 Å². The number of carbonyl (C=O) groups is 1. The molecule has 0 aromatic heterocycles. The fourth-order valence-corrected chi connectivity index (χ4v) is 2.72. The van der Waals surface area contributed by atoms with Crippen molar-refractivity contribution in [2.45, 2.75) is 12.2 Å². The largest absolute Gasteiger partial charge is 0.418 e. The van der Waals surface area contributed by atoms with Crippen LogP contribution in [0.4, 0.5) is 18.9 Å². The van der Waals surface area contributed by atoms with E-state index in [9.17, 15) is 18.0 Å². The highest BCUT2D eigenvalue weighted by Crippen LogP contribution is 2.39. The van der Waals surface area contributed by atoms with Gasteiger partial charge in [-0.05, 0) is 18.2 Å². The Hall–Kier alpha value is -1.28. The van der Waals surface area contributed by atoms with Gasteiger partial charge in [-0.1, -0.05) is 15.9 Å². The maximum atomic E-state index is 13.2. The molecule has 1 heterocycles. The molecule has 1 unspecified atom stereocenters. The molecule has 2 N–H and O–H groups in total. The van der Waals surface area contributed by atoms with Gasteiger partial charge < -0.3 is 15.5 Å². The van der Waals surface area contributed by atoms with Gasteiger partial charge in [0.1, 0.15) is 6.04 Å². The lowest BCUT2D eigenvalue weighted by Crippen LogP contribution is -2.58. The fourth-order valence-electron chi connectivity index (χ4n) is 2.38. The first-order valence-corrected chi connectivity index (χ1v) is 7.19. The van der Waals surface area contributed by atoms with E-state index in [1.807, 2.05) is 0 Å². The van der Waals surface area contributed by atoms with Crippen LogP contribution in [0.2, 0.25) is 0 Å². The summed E-state index contributed by atoms with van der Waals surface area (Å²) in [5, 5.41) is 5.52. The summed E-state index contributed by atoms with van der Waals surface area (Å²) in [6.45, 7) is 1.17. The van der Waals surface area contributed by atoms with E-state index >= 15 is 0 Å². The van der Waals surface area contributed by atoms with E-state index in [2.05, 4.69) is 26.6 Å². The molecule has 21 heavy (non-hydrogen) atoms. The lowest BCUT2D eigenvalue weighted by Gasteiger charge is -2.38. The molecule has 0 aliphatic carbocycles. The monoisotopic (exact) mass is 365 g/mol. The number of amides is 1. The number of hydrogen-bond acceptors (Lipinski definition) is 3. The normalized spacial score (nSPS) is 19.5. The summed E-state index contributed by atoms with van der Waals surface area (Å²) in [5.74, 6) is -0.310. The van der Waals surface area contributed by atoms with Crippen molar-refractivity contribution in [3.05, 3.63) is 28.2 Å². The number of hydrogen-bond donors (Lipinski definition) is 2. The van der Waals surface area contributed by atoms with Crippen LogP contribution in [-0.2, 0) is 11.0 Å². The Morgan fingerprint density at radius 1 is 1.48 bits per heavy atom. The molecule has 0 bridgehead atoms. The number of likely N-dealkylation sites (N-methyl/N-ethyl adjacent to an activating group) is 1. The second-order valence-corrected chi connectivity index (χ2v) is 5.60. The van der Waals surface area contributed by atoms with E-state index in [-0.39, 0.29) is 11.6 Å². The summed E-state index contributed by atoms with van der Waals surface area (Å²) in [7, 11) is 1.47. The number of halogens is 4. The number of alkyl halides is 3. The average molecular weight is 366 g/mol. The number of benzene rings is 1. The zero-order valence-corrected chi connectivity index (χ0v) is 12.9. The van der Waals surface area contributed by atoms with E-state index in [1.165, 1.54) is 24.1 Å². The van der Waals surface area contributed by atoms with Gasteiger partial charge in [0, 0.05) is 31.2 Å². The Kier molecular flexibility index (Phi) is 4.77. The summed E-state index contributed by atoms with van der Waals surface area (Å²) in [4.78, 5) is 13.4. The van der Waals surface area contributed by atoms with Gasteiger partial charge in [0.15, 0.2) is 0 Å². The number of nitrogens with zero attached hydrogens (tertiary/aromatic N) is 1. The SMILES string of the molecule is CNC(=O)C1CNCCN1c1cc(Br)ccc1C(F)(F)F. The molecule has 1 atom stereocenters. The average Bonchev–Trinajstić information content (AvgIpc) is 2.45. The molecular weight excluding hydrogens is 351 g/mol. The van der Waals surface area contributed by atoms with Gasteiger partial charge >= 0.3 is 6.18 Å². The van der Waals surface area contributed by atoms with Crippen molar-refractivity contribution in [3.8, 4) is 0 Å². The molecular formula is C13H15BrF3N3O. The molecule has 1 aliphatic heterocycles. The Morgan fingerprint density at radius 2 is 2.19 bits per heavy atom. The maximum absolute atomic E-state index is 13.2. The first-order valence-electron chi connectivity index (χ1n) is 6.40. The second kappa shape index (κ2) is 6.23. The molecule has 1 aromatic rings. The molecule has 2 rings (SSSR count). The standard InChI is InChI=1S/C13H15BrF3N3O/c1-18-12(21)11-7-19-4-5-20(11)10-6-8(14)2-3-9(10)13(15,16)17/h2-3,6,11,19H,4-5,7H2,1H3,(H,18,21). The van der Waals surface area contributed by atoms with Crippen LogP contribution >= 0.6 is 15.9 Å². The Balaban J connectivity index is 2.47. The molecule has 0 saturated carbocycles. The molecule has 1 aromatic carbocycles. The third-order valence-corrected chi connectivity index (χ3v) is 3.86. The van der Waals surface area contributed by atoms with Crippen LogP contribution in [0.5, 0.6) is 0 Å². The minimum absolute atomic E-state index is 0.0203. The quantitative estimate of drug-likeness (QED) is 0.842. The van der Waals surface area contributed by atoms with E-state index < -0.39 is 17.8 Å². The van der Waals surface area contributed by atoms with Gasteiger partial charge in [0.2, 0.25) is 5.91 Å². The predicted molar refractivity (Wildman–Crippen MR) is 77.2 cm³/mol. The number of carbonyl (C=O) groups excluding carboxylic acids is 1. The van der Waals surface area contributed by atoms with Gasteiger partial charge in [-0.3, -0.25) is 4.79 Å². The maximum Gasteiger partial charge on any atom is 0.418 e. The van der Waals surface area contributed by atoms with Gasteiger partial charge in [-0.25, -0.2) is 0 Å². The van der Waals surface area contributed by atoms with Crippen molar-refractivity contribution in [2.75, 3.05) is 31.6 Å². The minimum Gasteiger partial charge on any atom is -0.357 e.